The summed E-state index contributed by atoms with van der Waals surface area (Å²) in [5.41, 5.74) is 0. The number of benzene rings is 1. The molecule has 112 valence electrons. The summed E-state index contributed by atoms with van der Waals surface area (Å²) < 4.78 is 15.6. The number of aromatic amines is 1. The molecule has 2 rings (SSSR count). The fourth-order valence-corrected chi connectivity index (χ4v) is 1.55. The summed E-state index contributed by atoms with van der Waals surface area (Å²) >= 11 is 0. The van der Waals surface area contributed by atoms with Crippen molar-refractivity contribution >= 4 is 11.9 Å². The number of amides is 1. The Morgan fingerprint density at radius 3 is 2.76 bits per heavy atom. The Labute approximate surface area is 121 Å². The van der Waals surface area contributed by atoms with Crippen LogP contribution in [0.25, 0.3) is 0 Å². The fraction of sp³-hybridized carbons (Fsp3) is 0.308. The first kappa shape index (κ1) is 14.6. The Hall–Kier alpha value is -2.77. The van der Waals surface area contributed by atoms with Crippen molar-refractivity contribution in [2.45, 2.75) is 6.92 Å². The molecule has 1 amide bonds. The standard InChI is InChI=1S/C13H16N4O4/c1-3-20-13-15-12(16-17-13)14-11(18)8-21-10-7-5-4-6-9(10)19-2/h4-7H,3,8H2,1-2H3,(H2,14,15,16,17,18). The second-order valence-electron chi connectivity index (χ2n) is 3.89. The van der Waals surface area contributed by atoms with Crippen LogP contribution in [0.1, 0.15) is 6.92 Å². The molecule has 0 spiro atoms. The van der Waals surface area contributed by atoms with E-state index in [9.17, 15) is 4.79 Å². The van der Waals surface area contributed by atoms with Crippen molar-refractivity contribution < 1.29 is 19.0 Å². The predicted molar refractivity (Wildman–Crippen MR) is 74.7 cm³/mol. The lowest BCUT2D eigenvalue weighted by molar-refractivity contribution is -0.118. The topological polar surface area (TPSA) is 98.4 Å². The zero-order valence-electron chi connectivity index (χ0n) is 11.8. The summed E-state index contributed by atoms with van der Waals surface area (Å²) in [5, 5.41) is 8.83. The minimum absolute atomic E-state index is 0.176. The molecule has 1 aromatic heterocycles. The van der Waals surface area contributed by atoms with Crippen molar-refractivity contribution in [1.82, 2.24) is 15.2 Å². The maximum atomic E-state index is 11.7. The summed E-state index contributed by atoms with van der Waals surface area (Å²) in [4.78, 5) is 15.7. The Morgan fingerprint density at radius 2 is 2.05 bits per heavy atom. The number of methoxy groups -OCH3 is 1. The number of carbonyl (C=O) groups is 1. The zero-order valence-corrected chi connectivity index (χ0v) is 11.8. The number of hydrogen-bond acceptors (Lipinski definition) is 6. The molecule has 8 nitrogen and oxygen atoms in total. The van der Waals surface area contributed by atoms with Crippen LogP contribution in [0.15, 0.2) is 24.3 Å². The third-order valence-electron chi connectivity index (χ3n) is 2.42. The van der Waals surface area contributed by atoms with Crippen LogP contribution >= 0.6 is 0 Å². The third kappa shape index (κ3) is 4.10. The summed E-state index contributed by atoms with van der Waals surface area (Å²) in [6.07, 6.45) is 0. The van der Waals surface area contributed by atoms with Crippen molar-refractivity contribution in [1.29, 1.82) is 0 Å². The number of ether oxygens (including phenoxy) is 3. The number of hydrogen-bond donors (Lipinski definition) is 2. The van der Waals surface area contributed by atoms with Crippen LogP contribution in [0.3, 0.4) is 0 Å². The number of para-hydroxylation sites is 2. The second-order valence-corrected chi connectivity index (χ2v) is 3.89. The number of nitrogens with zero attached hydrogens (tertiary/aromatic N) is 2. The minimum atomic E-state index is -0.375. The Bertz CT molecular complexity index is 599. The normalized spacial score (nSPS) is 10.0. The molecule has 0 aliphatic rings. The molecule has 0 aliphatic heterocycles. The summed E-state index contributed by atoms with van der Waals surface area (Å²) in [6, 6.07) is 7.25. The van der Waals surface area contributed by atoms with Gasteiger partial charge in [-0.05, 0) is 19.1 Å². The van der Waals surface area contributed by atoms with E-state index in [1.54, 1.807) is 18.2 Å². The number of aromatic nitrogens is 3. The largest absolute Gasteiger partial charge is 0.493 e. The van der Waals surface area contributed by atoms with Crippen LogP contribution in [0.5, 0.6) is 17.5 Å². The summed E-state index contributed by atoms with van der Waals surface area (Å²) in [7, 11) is 1.53. The highest BCUT2D eigenvalue weighted by Crippen LogP contribution is 2.25. The molecule has 1 heterocycles. The summed E-state index contributed by atoms with van der Waals surface area (Å²) in [6.45, 7) is 2.09. The second kappa shape index (κ2) is 7.13. The monoisotopic (exact) mass is 292 g/mol. The Kier molecular flexibility index (Phi) is 4.97. The lowest BCUT2D eigenvalue weighted by Crippen LogP contribution is -2.21. The smallest absolute Gasteiger partial charge is 0.337 e. The number of carbonyl (C=O) groups excluding carboxylic acids is 1. The Morgan fingerprint density at radius 1 is 1.29 bits per heavy atom. The molecule has 2 N–H and O–H groups in total. The van der Waals surface area contributed by atoms with Crippen molar-refractivity contribution in [3.05, 3.63) is 24.3 Å². The number of nitrogens with one attached hydrogen (secondary N) is 2. The molecule has 0 saturated carbocycles. The molecule has 0 radical (unpaired) electrons. The van der Waals surface area contributed by atoms with Crippen LogP contribution < -0.4 is 19.5 Å². The van der Waals surface area contributed by atoms with E-state index in [1.807, 2.05) is 13.0 Å². The van der Waals surface area contributed by atoms with Gasteiger partial charge in [0.2, 0.25) is 5.95 Å². The zero-order chi connectivity index (χ0) is 15.1. The molecule has 21 heavy (non-hydrogen) atoms. The number of H-pyrrole nitrogens is 1. The van der Waals surface area contributed by atoms with Crippen LogP contribution in [-0.4, -0.2) is 41.4 Å². The fourth-order valence-electron chi connectivity index (χ4n) is 1.55. The van der Waals surface area contributed by atoms with Crippen LogP contribution in [0.2, 0.25) is 0 Å². The highest BCUT2D eigenvalue weighted by atomic mass is 16.5. The minimum Gasteiger partial charge on any atom is -0.493 e. The van der Waals surface area contributed by atoms with E-state index in [2.05, 4.69) is 20.5 Å². The molecule has 8 heteroatoms. The van der Waals surface area contributed by atoms with Gasteiger partial charge >= 0.3 is 6.01 Å². The molecule has 2 aromatic rings. The van der Waals surface area contributed by atoms with Crippen molar-refractivity contribution in [3.8, 4) is 17.5 Å². The van der Waals surface area contributed by atoms with Crippen LogP contribution in [0, 0.1) is 0 Å². The molecule has 0 bridgehead atoms. The van der Waals surface area contributed by atoms with Gasteiger partial charge in [-0.1, -0.05) is 12.1 Å². The van der Waals surface area contributed by atoms with Gasteiger partial charge in [-0.2, -0.15) is 4.98 Å². The highest BCUT2D eigenvalue weighted by molar-refractivity contribution is 5.90. The van der Waals surface area contributed by atoms with Crippen LogP contribution in [-0.2, 0) is 4.79 Å². The van der Waals surface area contributed by atoms with E-state index in [0.717, 1.165) is 0 Å². The molecule has 0 saturated heterocycles. The van der Waals surface area contributed by atoms with Gasteiger partial charge in [0.1, 0.15) is 0 Å². The maximum Gasteiger partial charge on any atom is 0.337 e. The maximum absolute atomic E-state index is 11.7. The molecular formula is C13H16N4O4. The average Bonchev–Trinajstić information content (AvgIpc) is 2.93. The van der Waals surface area contributed by atoms with Gasteiger partial charge in [0.05, 0.1) is 13.7 Å². The first-order chi connectivity index (χ1) is 10.2. The predicted octanol–water partition coefficient (Wildman–Crippen LogP) is 1.23. The van der Waals surface area contributed by atoms with Gasteiger partial charge < -0.3 is 14.2 Å². The van der Waals surface area contributed by atoms with Gasteiger partial charge in [0, 0.05) is 0 Å². The Balaban J connectivity index is 1.86. The number of anilines is 1. The first-order valence-corrected chi connectivity index (χ1v) is 6.33. The third-order valence-corrected chi connectivity index (χ3v) is 2.42. The van der Waals surface area contributed by atoms with Crippen molar-refractivity contribution in [2.24, 2.45) is 0 Å². The van der Waals surface area contributed by atoms with E-state index in [4.69, 9.17) is 14.2 Å². The average molecular weight is 292 g/mol. The van der Waals surface area contributed by atoms with Gasteiger partial charge in [0.15, 0.2) is 18.1 Å². The number of rotatable bonds is 7. The van der Waals surface area contributed by atoms with E-state index in [0.29, 0.717) is 18.1 Å². The lowest BCUT2D eigenvalue weighted by Gasteiger charge is -2.09. The molecule has 0 atom stereocenters. The van der Waals surface area contributed by atoms with E-state index in [-0.39, 0.29) is 24.5 Å². The molecular weight excluding hydrogens is 276 g/mol. The first-order valence-electron chi connectivity index (χ1n) is 6.33. The summed E-state index contributed by atoms with van der Waals surface area (Å²) in [5.74, 6) is 0.874. The quantitative estimate of drug-likeness (QED) is 0.796. The molecule has 0 unspecified atom stereocenters. The van der Waals surface area contributed by atoms with E-state index >= 15 is 0 Å². The molecule has 0 aliphatic carbocycles. The van der Waals surface area contributed by atoms with E-state index < -0.39 is 0 Å². The van der Waals surface area contributed by atoms with Gasteiger partial charge in [-0.25, -0.2) is 5.10 Å². The van der Waals surface area contributed by atoms with Gasteiger partial charge in [-0.3, -0.25) is 10.1 Å². The molecule has 1 aromatic carbocycles. The highest BCUT2D eigenvalue weighted by Gasteiger charge is 2.10. The van der Waals surface area contributed by atoms with Gasteiger partial charge in [0.25, 0.3) is 5.91 Å². The van der Waals surface area contributed by atoms with Crippen LogP contribution in [0.4, 0.5) is 5.95 Å². The van der Waals surface area contributed by atoms with E-state index in [1.165, 1.54) is 7.11 Å². The van der Waals surface area contributed by atoms with Crippen molar-refractivity contribution in [3.63, 3.8) is 0 Å². The van der Waals surface area contributed by atoms with Gasteiger partial charge in [-0.15, -0.1) is 5.10 Å². The molecule has 0 fully saturated rings. The SMILES string of the molecule is CCOc1n[nH]c(NC(=O)COc2ccccc2OC)n1. The van der Waals surface area contributed by atoms with Crippen molar-refractivity contribution in [2.75, 3.05) is 25.6 Å². The lowest BCUT2D eigenvalue weighted by atomic mass is 10.3.